The number of hydrogen-bond acceptors (Lipinski definition) is 7. The van der Waals surface area contributed by atoms with E-state index in [1.54, 1.807) is 20.8 Å². The largest absolute Gasteiger partial charge is 0.360 e. The van der Waals surface area contributed by atoms with Crippen LogP contribution >= 0.6 is 0 Å². The second-order valence-electron chi connectivity index (χ2n) is 9.44. The predicted molar refractivity (Wildman–Crippen MR) is 122 cm³/mol. The quantitative estimate of drug-likeness (QED) is 0.636. The lowest BCUT2D eigenvalue weighted by Crippen LogP contribution is -2.52. The minimum Gasteiger partial charge on any atom is -0.360 e. The third kappa shape index (κ3) is 3.62. The molecule has 5 rings (SSSR count). The summed E-state index contributed by atoms with van der Waals surface area (Å²) in [5.74, 6) is -0.0219. The Morgan fingerprint density at radius 2 is 1.79 bits per heavy atom. The first-order valence-corrected chi connectivity index (χ1v) is 13.0. The smallest absolute Gasteiger partial charge is 0.326 e. The fraction of sp³-hybridized carbons (Fsp3) is 0.522. The number of carbonyl (C=O) groups is 2. The normalized spacial score (nSPS) is 24.0. The predicted octanol–water partition coefficient (Wildman–Crippen LogP) is 1.51. The minimum absolute atomic E-state index is 0.111. The van der Waals surface area contributed by atoms with E-state index in [4.69, 9.17) is 4.52 Å². The van der Waals surface area contributed by atoms with E-state index in [-0.39, 0.29) is 36.3 Å². The molecule has 11 heteroatoms. The number of aromatic nitrogens is 1. The van der Waals surface area contributed by atoms with E-state index < -0.39 is 21.6 Å². The maximum atomic E-state index is 13.4. The number of sulfonamides is 1. The van der Waals surface area contributed by atoms with Gasteiger partial charge in [-0.25, -0.2) is 18.1 Å². The summed E-state index contributed by atoms with van der Waals surface area (Å²) in [5.41, 5.74) is 2.58. The first-order chi connectivity index (χ1) is 16.1. The number of nitrogens with one attached hydrogen (secondary N) is 1. The Morgan fingerprint density at radius 3 is 2.47 bits per heavy atom. The third-order valence-corrected chi connectivity index (χ3v) is 9.33. The standard InChI is InChI=1S/C23H29N5O5S/c1-15-20(16(2)33-25-15)34(31,32)27-11-9-26(10-12-27)14-28-21(29)23(3,24-22(28)30)19-8-7-17-5-4-6-18(17)13-19/h7-8,13H,4-6,9-12,14H2,1-3H3,(H,24,30). The molecule has 1 aromatic carbocycles. The molecule has 3 aliphatic rings. The van der Waals surface area contributed by atoms with Gasteiger partial charge in [-0.15, -0.1) is 0 Å². The van der Waals surface area contributed by atoms with E-state index >= 15 is 0 Å². The van der Waals surface area contributed by atoms with E-state index in [2.05, 4.69) is 16.5 Å². The van der Waals surface area contributed by atoms with Crippen molar-refractivity contribution < 1.29 is 22.5 Å². The Balaban J connectivity index is 1.26. The van der Waals surface area contributed by atoms with Crippen molar-refractivity contribution in [3.8, 4) is 0 Å². The van der Waals surface area contributed by atoms with E-state index in [1.807, 2.05) is 17.0 Å². The van der Waals surface area contributed by atoms with Gasteiger partial charge in [0.1, 0.15) is 16.1 Å². The molecule has 1 atom stereocenters. The molecule has 1 unspecified atom stereocenters. The van der Waals surface area contributed by atoms with Crippen LogP contribution in [0.5, 0.6) is 0 Å². The molecule has 1 aromatic heterocycles. The molecule has 0 spiro atoms. The lowest BCUT2D eigenvalue weighted by atomic mass is 9.90. The highest BCUT2D eigenvalue weighted by Crippen LogP contribution is 2.33. The van der Waals surface area contributed by atoms with Crippen LogP contribution in [0.1, 0.15) is 41.5 Å². The molecular weight excluding hydrogens is 458 g/mol. The van der Waals surface area contributed by atoms with Crippen LogP contribution in [0, 0.1) is 13.8 Å². The number of piperazine rings is 1. The van der Waals surface area contributed by atoms with Gasteiger partial charge in [-0.3, -0.25) is 9.69 Å². The Labute approximate surface area is 198 Å². The van der Waals surface area contributed by atoms with Crippen molar-refractivity contribution in [3.05, 3.63) is 46.3 Å². The van der Waals surface area contributed by atoms with Gasteiger partial charge in [-0.1, -0.05) is 23.4 Å². The van der Waals surface area contributed by atoms with E-state index in [1.165, 1.54) is 20.3 Å². The van der Waals surface area contributed by atoms with Crippen LogP contribution in [0.25, 0.3) is 0 Å². The Kier molecular flexibility index (Phi) is 5.53. The number of hydrogen-bond donors (Lipinski definition) is 1. The molecule has 3 heterocycles. The molecular formula is C23H29N5O5S. The summed E-state index contributed by atoms with van der Waals surface area (Å²) in [5, 5.41) is 6.63. The van der Waals surface area contributed by atoms with Gasteiger partial charge in [0.25, 0.3) is 5.91 Å². The third-order valence-electron chi connectivity index (χ3n) is 7.19. The average molecular weight is 488 g/mol. The van der Waals surface area contributed by atoms with Crippen LogP contribution in [0.15, 0.2) is 27.6 Å². The lowest BCUT2D eigenvalue weighted by Gasteiger charge is -2.35. The zero-order valence-corrected chi connectivity index (χ0v) is 20.4. The summed E-state index contributed by atoms with van der Waals surface area (Å²) in [4.78, 5) is 29.4. The van der Waals surface area contributed by atoms with Crippen molar-refractivity contribution in [2.45, 2.75) is 50.5 Å². The zero-order chi connectivity index (χ0) is 24.3. The summed E-state index contributed by atoms with van der Waals surface area (Å²) < 4.78 is 32.5. The lowest BCUT2D eigenvalue weighted by molar-refractivity contribution is -0.132. The molecule has 10 nitrogen and oxygen atoms in total. The van der Waals surface area contributed by atoms with Gasteiger partial charge in [0.05, 0.1) is 6.67 Å². The van der Waals surface area contributed by atoms with E-state index in [9.17, 15) is 18.0 Å². The van der Waals surface area contributed by atoms with Crippen molar-refractivity contribution in [2.75, 3.05) is 32.8 Å². The molecule has 0 radical (unpaired) electrons. The molecule has 3 amide bonds. The summed E-state index contributed by atoms with van der Waals surface area (Å²) in [6.45, 7) is 6.34. The number of carbonyl (C=O) groups excluding carboxylic acids is 2. The first kappa shape index (κ1) is 23.0. The van der Waals surface area contributed by atoms with Gasteiger partial charge >= 0.3 is 6.03 Å². The van der Waals surface area contributed by atoms with Crippen molar-refractivity contribution in [2.24, 2.45) is 0 Å². The maximum absolute atomic E-state index is 13.4. The van der Waals surface area contributed by atoms with E-state index in [0.717, 1.165) is 24.8 Å². The number of rotatable bonds is 5. The van der Waals surface area contributed by atoms with Crippen LogP contribution in [0.2, 0.25) is 0 Å². The van der Waals surface area contributed by atoms with Crippen LogP contribution in [0.3, 0.4) is 0 Å². The van der Waals surface area contributed by atoms with E-state index in [0.29, 0.717) is 18.8 Å². The number of imide groups is 1. The van der Waals surface area contributed by atoms with Crippen molar-refractivity contribution >= 4 is 22.0 Å². The molecule has 34 heavy (non-hydrogen) atoms. The van der Waals surface area contributed by atoms with Crippen molar-refractivity contribution in [3.63, 3.8) is 0 Å². The van der Waals surface area contributed by atoms with Gasteiger partial charge in [0.15, 0.2) is 5.76 Å². The number of nitrogens with zero attached hydrogens (tertiary/aromatic N) is 4. The Hall–Kier alpha value is -2.76. The minimum atomic E-state index is -3.72. The number of benzene rings is 1. The number of fused-ring (bicyclic) bond motifs is 1. The van der Waals surface area contributed by atoms with Gasteiger partial charge < -0.3 is 9.84 Å². The Morgan fingerprint density at radius 1 is 1.09 bits per heavy atom. The molecule has 1 aliphatic carbocycles. The SMILES string of the molecule is Cc1noc(C)c1S(=O)(=O)N1CCN(CN2C(=O)NC(C)(c3ccc4c(c3)CCC4)C2=O)CC1. The highest BCUT2D eigenvalue weighted by atomic mass is 32.2. The second kappa shape index (κ2) is 8.17. The van der Waals surface area contributed by atoms with Crippen LogP contribution < -0.4 is 5.32 Å². The fourth-order valence-corrected chi connectivity index (χ4v) is 6.90. The summed E-state index contributed by atoms with van der Waals surface area (Å²) in [7, 11) is -3.72. The molecule has 2 fully saturated rings. The summed E-state index contributed by atoms with van der Waals surface area (Å²) in [6.07, 6.45) is 3.16. The fourth-order valence-electron chi connectivity index (χ4n) is 5.19. The van der Waals surface area contributed by atoms with Crippen LogP contribution in [0.4, 0.5) is 4.79 Å². The molecule has 2 aliphatic heterocycles. The summed E-state index contributed by atoms with van der Waals surface area (Å²) >= 11 is 0. The van der Waals surface area contributed by atoms with Crippen molar-refractivity contribution in [1.29, 1.82) is 0 Å². The topological polar surface area (TPSA) is 116 Å². The second-order valence-corrected chi connectivity index (χ2v) is 11.3. The monoisotopic (exact) mass is 487 g/mol. The van der Waals surface area contributed by atoms with Gasteiger partial charge in [0.2, 0.25) is 10.0 Å². The van der Waals surface area contributed by atoms with Gasteiger partial charge in [-0.2, -0.15) is 4.31 Å². The first-order valence-electron chi connectivity index (χ1n) is 11.5. The maximum Gasteiger partial charge on any atom is 0.326 e. The molecule has 1 N–H and O–H groups in total. The van der Waals surface area contributed by atoms with Gasteiger partial charge in [-0.05, 0) is 56.7 Å². The van der Waals surface area contributed by atoms with Crippen LogP contribution in [-0.2, 0) is 33.2 Å². The average Bonchev–Trinajstić information content (AvgIpc) is 3.47. The molecule has 2 aromatic rings. The molecule has 182 valence electrons. The molecule has 0 saturated carbocycles. The Bertz CT molecular complexity index is 1250. The zero-order valence-electron chi connectivity index (χ0n) is 19.6. The highest BCUT2D eigenvalue weighted by molar-refractivity contribution is 7.89. The number of aryl methyl sites for hydroxylation is 4. The van der Waals surface area contributed by atoms with Gasteiger partial charge in [0, 0.05) is 26.2 Å². The van der Waals surface area contributed by atoms with Crippen molar-refractivity contribution in [1.82, 2.24) is 24.6 Å². The number of urea groups is 1. The van der Waals surface area contributed by atoms with Crippen LogP contribution in [-0.4, -0.2) is 72.5 Å². The highest BCUT2D eigenvalue weighted by Gasteiger charge is 2.49. The molecule has 2 saturated heterocycles. The summed E-state index contributed by atoms with van der Waals surface area (Å²) in [6, 6.07) is 5.61. The number of amides is 3. The molecule has 0 bridgehead atoms.